The summed E-state index contributed by atoms with van der Waals surface area (Å²) in [5.74, 6) is 0. The first-order valence-corrected chi connectivity index (χ1v) is 6.78. The topological polar surface area (TPSA) is 42.7 Å². The van der Waals surface area contributed by atoms with Crippen molar-refractivity contribution in [1.29, 1.82) is 0 Å². The summed E-state index contributed by atoms with van der Waals surface area (Å²) in [6.07, 6.45) is 3.62. The number of halogens is 1. The van der Waals surface area contributed by atoms with Gasteiger partial charge in [-0.2, -0.15) is 5.10 Å². The van der Waals surface area contributed by atoms with Gasteiger partial charge in [0.05, 0.1) is 23.4 Å². The summed E-state index contributed by atoms with van der Waals surface area (Å²) in [4.78, 5) is 4.47. The fraction of sp³-hybridized carbons (Fsp3) is 0.143. The molecule has 0 amide bonds. The van der Waals surface area contributed by atoms with E-state index < -0.39 is 0 Å². The maximum Gasteiger partial charge on any atom is 0.0934 e. The van der Waals surface area contributed by atoms with Crippen LogP contribution in [0.1, 0.15) is 5.69 Å². The fourth-order valence-electron chi connectivity index (χ4n) is 2.04. The van der Waals surface area contributed by atoms with E-state index in [1.165, 1.54) is 0 Å². The highest BCUT2D eigenvalue weighted by Gasteiger charge is 2.04. The van der Waals surface area contributed by atoms with E-state index in [4.69, 9.17) is 0 Å². The van der Waals surface area contributed by atoms with Crippen molar-refractivity contribution in [3.63, 3.8) is 0 Å². The van der Waals surface area contributed by atoms with Crippen molar-refractivity contribution in [3.8, 4) is 0 Å². The summed E-state index contributed by atoms with van der Waals surface area (Å²) in [6, 6.07) is 10.2. The average Bonchev–Trinajstić information content (AvgIpc) is 2.81. The zero-order valence-corrected chi connectivity index (χ0v) is 12.1. The Balaban J connectivity index is 1.91. The maximum absolute atomic E-state index is 4.47. The quantitative estimate of drug-likeness (QED) is 0.805. The van der Waals surface area contributed by atoms with E-state index in [0.717, 1.165) is 33.3 Å². The van der Waals surface area contributed by atoms with E-state index in [9.17, 15) is 0 Å². The lowest BCUT2D eigenvalue weighted by Crippen LogP contribution is -2.05. The van der Waals surface area contributed by atoms with Gasteiger partial charge in [0, 0.05) is 29.3 Å². The third-order valence-corrected chi connectivity index (χ3v) is 3.49. The predicted octanol–water partition coefficient (Wildman–Crippen LogP) is 3.34. The molecule has 2 aromatic heterocycles. The number of nitrogens with zero attached hydrogens (tertiary/aromatic N) is 3. The van der Waals surface area contributed by atoms with Crippen molar-refractivity contribution >= 4 is 32.5 Å². The molecule has 3 aromatic rings. The molecule has 3 rings (SSSR count). The second-order valence-corrected chi connectivity index (χ2v) is 5.25. The number of aromatic nitrogens is 3. The molecule has 0 aliphatic heterocycles. The summed E-state index contributed by atoms with van der Waals surface area (Å²) in [5.41, 5.74) is 3.15. The third kappa shape index (κ3) is 2.46. The lowest BCUT2D eigenvalue weighted by atomic mass is 10.2. The van der Waals surface area contributed by atoms with Crippen molar-refractivity contribution in [2.45, 2.75) is 6.54 Å². The van der Waals surface area contributed by atoms with Gasteiger partial charge in [-0.15, -0.1) is 0 Å². The average molecular weight is 317 g/mol. The smallest absolute Gasteiger partial charge is 0.0934 e. The van der Waals surface area contributed by atoms with Crippen LogP contribution in [0.25, 0.3) is 10.9 Å². The second kappa shape index (κ2) is 5.01. The fourth-order valence-corrected chi connectivity index (χ4v) is 2.39. The summed E-state index contributed by atoms with van der Waals surface area (Å²) < 4.78 is 2.85. The van der Waals surface area contributed by atoms with Crippen LogP contribution in [0.2, 0.25) is 0 Å². The number of rotatable bonds is 3. The number of benzene rings is 1. The van der Waals surface area contributed by atoms with Crippen LogP contribution >= 0.6 is 15.9 Å². The SMILES string of the molecule is Cn1nccc1CNc1cccc2cc(Br)cnc12. The summed E-state index contributed by atoms with van der Waals surface area (Å²) in [5, 5.41) is 8.68. The molecule has 0 spiro atoms. The van der Waals surface area contributed by atoms with Crippen LogP contribution in [0, 0.1) is 0 Å². The zero-order chi connectivity index (χ0) is 13.2. The van der Waals surface area contributed by atoms with Crippen LogP contribution < -0.4 is 5.32 Å². The molecule has 0 aliphatic rings. The molecular weight excluding hydrogens is 304 g/mol. The van der Waals surface area contributed by atoms with Crippen molar-refractivity contribution in [2.24, 2.45) is 7.05 Å². The second-order valence-electron chi connectivity index (χ2n) is 4.33. The van der Waals surface area contributed by atoms with Gasteiger partial charge >= 0.3 is 0 Å². The van der Waals surface area contributed by atoms with Crippen molar-refractivity contribution < 1.29 is 0 Å². The molecular formula is C14H13BrN4. The Bertz CT molecular complexity index is 720. The van der Waals surface area contributed by atoms with Crippen LogP contribution in [0.5, 0.6) is 0 Å². The highest BCUT2D eigenvalue weighted by Crippen LogP contribution is 2.24. The van der Waals surface area contributed by atoms with E-state index in [1.807, 2.05) is 36.1 Å². The van der Waals surface area contributed by atoms with Gasteiger partial charge in [-0.05, 0) is 34.1 Å². The van der Waals surface area contributed by atoms with Crippen LogP contribution in [-0.4, -0.2) is 14.8 Å². The van der Waals surface area contributed by atoms with Gasteiger partial charge in [-0.1, -0.05) is 12.1 Å². The Hall–Kier alpha value is -1.88. The predicted molar refractivity (Wildman–Crippen MR) is 80.0 cm³/mol. The molecule has 19 heavy (non-hydrogen) atoms. The third-order valence-electron chi connectivity index (χ3n) is 3.06. The standard InChI is InChI=1S/C14H13BrN4/c1-19-12(5-6-18-19)9-16-13-4-2-3-10-7-11(15)8-17-14(10)13/h2-8,16H,9H2,1H3. The van der Waals surface area contributed by atoms with Crippen molar-refractivity contribution in [1.82, 2.24) is 14.8 Å². The van der Waals surface area contributed by atoms with E-state index in [-0.39, 0.29) is 0 Å². The Morgan fingerprint density at radius 3 is 3.00 bits per heavy atom. The molecule has 0 saturated heterocycles. The molecule has 0 fully saturated rings. The molecule has 1 N–H and O–H groups in total. The van der Waals surface area contributed by atoms with Gasteiger partial charge < -0.3 is 5.32 Å². The molecule has 0 atom stereocenters. The molecule has 0 unspecified atom stereocenters. The molecule has 0 radical (unpaired) electrons. The van der Waals surface area contributed by atoms with Gasteiger partial charge in [-0.3, -0.25) is 9.67 Å². The van der Waals surface area contributed by atoms with Crippen LogP contribution in [0.4, 0.5) is 5.69 Å². The van der Waals surface area contributed by atoms with E-state index in [2.05, 4.69) is 43.5 Å². The minimum atomic E-state index is 0.730. The summed E-state index contributed by atoms with van der Waals surface area (Å²) >= 11 is 3.44. The molecule has 5 heteroatoms. The van der Waals surface area contributed by atoms with Gasteiger partial charge in [0.2, 0.25) is 0 Å². The largest absolute Gasteiger partial charge is 0.378 e. The molecule has 96 valence electrons. The first kappa shape index (κ1) is 12.2. The first-order valence-electron chi connectivity index (χ1n) is 5.99. The van der Waals surface area contributed by atoms with E-state index in [1.54, 1.807) is 6.20 Å². The van der Waals surface area contributed by atoms with Gasteiger partial charge in [-0.25, -0.2) is 0 Å². The number of para-hydroxylation sites is 1. The number of fused-ring (bicyclic) bond motifs is 1. The minimum absolute atomic E-state index is 0.730. The lowest BCUT2D eigenvalue weighted by molar-refractivity contribution is 0.720. The van der Waals surface area contributed by atoms with Crippen molar-refractivity contribution in [3.05, 3.63) is 52.9 Å². The minimum Gasteiger partial charge on any atom is -0.378 e. The van der Waals surface area contributed by atoms with Gasteiger partial charge in [0.25, 0.3) is 0 Å². The number of pyridine rings is 1. The normalized spacial score (nSPS) is 10.8. The van der Waals surface area contributed by atoms with E-state index in [0.29, 0.717) is 0 Å². The van der Waals surface area contributed by atoms with Crippen LogP contribution in [0.3, 0.4) is 0 Å². The van der Waals surface area contributed by atoms with Gasteiger partial charge in [0.15, 0.2) is 0 Å². The zero-order valence-electron chi connectivity index (χ0n) is 10.5. The van der Waals surface area contributed by atoms with E-state index >= 15 is 0 Å². The number of anilines is 1. The lowest BCUT2D eigenvalue weighted by Gasteiger charge is -2.09. The number of nitrogens with one attached hydrogen (secondary N) is 1. The summed E-state index contributed by atoms with van der Waals surface area (Å²) in [6.45, 7) is 0.730. The molecule has 4 nitrogen and oxygen atoms in total. The number of hydrogen-bond donors (Lipinski definition) is 1. The Morgan fingerprint density at radius 2 is 2.21 bits per heavy atom. The molecule has 0 aliphatic carbocycles. The molecule has 0 bridgehead atoms. The highest BCUT2D eigenvalue weighted by atomic mass is 79.9. The number of hydrogen-bond acceptors (Lipinski definition) is 3. The van der Waals surface area contributed by atoms with Gasteiger partial charge in [0.1, 0.15) is 0 Å². The maximum atomic E-state index is 4.47. The molecule has 2 heterocycles. The Morgan fingerprint density at radius 1 is 1.32 bits per heavy atom. The monoisotopic (exact) mass is 316 g/mol. The molecule has 0 saturated carbocycles. The van der Waals surface area contributed by atoms with Crippen molar-refractivity contribution in [2.75, 3.05) is 5.32 Å². The Kier molecular flexibility index (Phi) is 3.21. The summed E-state index contributed by atoms with van der Waals surface area (Å²) in [7, 11) is 1.94. The van der Waals surface area contributed by atoms with Crippen LogP contribution in [0.15, 0.2) is 47.2 Å². The Labute approximate surface area is 119 Å². The first-order chi connectivity index (χ1) is 9.24. The number of aryl methyl sites for hydroxylation is 1. The van der Waals surface area contributed by atoms with Crippen LogP contribution in [-0.2, 0) is 13.6 Å². The molecule has 1 aromatic carbocycles. The highest BCUT2D eigenvalue weighted by molar-refractivity contribution is 9.10.